The van der Waals surface area contributed by atoms with Crippen LogP contribution in [-0.4, -0.2) is 12.1 Å². The molecule has 2 N–H and O–H groups in total. The summed E-state index contributed by atoms with van der Waals surface area (Å²) in [5, 5.41) is 0. The van der Waals surface area contributed by atoms with Gasteiger partial charge >= 0.3 is 0 Å². The van der Waals surface area contributed by atoms with Crippen LogP contribution in [-0.2, 0) is 0 Å². The molecular formula is C6H10N2. The fourth-order valence-corrected chi connectivity index (χ4v) is 1.11. The van der Waals surface area contributed by atoms with E-state index in [1.807, 2.05) is 0 Å². The molecule has 0 radical (unpaired) electrons. The summed E-state index contributed by atoms with van der Waals surface area (Å²) >= 11 is 0. The molecule has 0 aromatic heterocycles. The zero-order chi connectivity index (χ0) is 5.98. The molecule has 0 aliphatic heterocycles. The van der Waals surface area contributed by atoms with Crippen molar-refractivity contribution in [1.29, 1.82) is 0 Å². The molecule has 1 aliphatic carbocycles. The average molecular weight is 110 g/mol. The second kappa shape index (κ2) is 2.15. The first-order chi connectivity index (χ1) is 3.83. The number of nitrogens with two attached hydrogens (primary N) is 1. The Balaban J connectivity index is 2.35. The normalized spacial score (nSPS) is 37.0. The van der Waals surface area contributed by atoms with Crippen LogP contribution in [0, 0.1) is 6.57 Å². The number of nitrogens with zero attached hydrogens (tertiary/aromatic N) is 1. The number of hydrogen-bond donors (Lipinski definition) is 1. The summed E-state index contributed by atoms with van der Waals surface area (Å²) in [6.45, 7) is 6.66. The second-order valence-electron chi connectivity index (χ2n) is 2.36. The van der Waals surface area contributed by atoms with E-state index in [1.54, 1.807) is 0 Å². The maximum atomic E-state index is 6.66. The molecule has 1 saturated carbocycles. The van der Waals surface area contributed by atoms with E-state index in [-0.39, 0.29) is 6.04 Å². The summed E-state index contributed by atoms with van der Waals surface area (Å²) in [5.41, 5.74) is 5.56. The monoisotopic (exact) mass is 110 g/mol. The van der Waals surface area contributed by atoms with Gasteiger partial charge in [0, 0.05) is 18.9 Å². The maximum absolute atomic E-state index is 6.66. The number of rotatable bonds is 0. The Bertz CT molecular complexity index is 114. The Kier molecular flexibility index (Phi) is 1.50. The molecule has 2 atom stereocenters. The molecule has 1 fully saturated rings. The Hall–Kier alpha value is -0.550. The van der Waals surface area contributed by atoms with E-state index in [0.717, 1.165) is 19.3 Å². The van der Waals surface area contributed by atoms with Gasteiger partial charge in [0.05, 0.1) is 0 Å². The van der Waals surface area contributed by atoms with Crippen molar-refractivity contribution in [2.24, 2.45) is 5.73 Å². The lowest BCUT2D eigenvalue weighted by Crippen LogP contribution is -2.14. The van der Waals surface area contributed by atoms with E-state index in [9.17, 15) is 0 Å². The smallest absolute Gasteiger partial charge is 0.225 e. The zero-order valence-corrected chi connectivity index (χ0v) is 4.80. The van der Waals surface area contributed by atoms with E-state index in [0.29, 0.717) is 6.04 Å². The summed E-state index contributed by atoms with van der Waals surface area (Å²) < 4.78 is 0. The summed E-state index contributed by atoms with van der Waals surface area (Å²) in [7, 11) is 0. The minimum Gasteiger partial charge on any atom is -0.327 e. The molecule has 2 heteroatoms. The van der Waals surface area contributed by atoms with Crippen molar-refractivity contribution in [1.82, 2.24) is 0 Å². The van der Waals surface area contributed by atoms with Gasteiger partial charge in [-0.3, -0.25) is 0 Å². The molecule has 0 bridgehead atoms. The minimum atomic E-state index is 0.241. The highest BCUT2D eigenvalue weighted by Gasteiger charge is 2.24. The summed E-state index contributed by atoms with van der Waals surface area (Å²) in [4.78, 5) is 3.41. The molecule has 0 saturated heterocycles. The van der Waals surface area contributed by atoms with Crippen LogP contribution in [0.2, 0.25) is 0 Å². The molecule has 0 aromatic carbocycles. The van der Waals surface area contributed by atoms with Crippen LogP contribution in [0.15, 0.2) is 0 Å². The fraction of sp³-hybridized carbons (Fsp3) is 0.833. The third kappa shape index (κ3) is 0.988. The third-order valence-electron chi connectivity index (χ3n) is 1.63. The minimum absolute atomic E-state index is 0.241. The summed E-state index contributed by atoms with van der Waals surface area (Å²) in [6, 6.07) is 0.555. The molecule has 0 aromatic rings. The predicted octanol–water partition coefficient (Wildman–Crippen LogP) is 0.785. The molecule has 2 nitrogen and oxygen atoms in total. The SMILES string of the molecule is [C-]#[N+][C@H]1CC[C@H](N)C1. The van der Waals surface area contributed by atoms with Crippen LogP contribution in [0.25, 0.3) is 4.85 Å². The molecule has 1 rings (SSSR count). The first-order valence-corrected chi connectivity index (χ1v) is 2.95. The maximum Gasteiger partial charge on any atom is 0.225 e. The van der Waals surface area contributed by atoms with Gasteiger partial charge < -0.3 is 10.6 Å². The topological polar surface area (TPSA) is 30.4 Å². The van der Waals surface area contributed by atoms with Gasteiger partial charge in [-0.1, -0.05) is 0 Å². The second-order valence-corrected chi connectivity index (χ2v) is 2.36. The Morgan fingerprint density at radius 1 is 1.50 bits per heavy atom. The molecule has 0 spiro atoms. The van der Waals surface area contributed by atoms with E-state index in [1.165, 1.54) is 0 Å². The third-order valence-corrected chi connectivity index (χ3v) is 1.63. The van der Waals surface area contributed by atoms with Crippen molar-refractivity contribution in [2.75, 3.05) is 0 Å². The van der Waals surface area contributed by atoms with Gasteiger partial charge in [0.1, 0.15) is 0 Å². The molecular weight excluding hydrogens is 100 g/mol. The predicted molar refractivity (Wildman–Crippen MR) is 32.2 cm³/mol. The van der Waals surface area contributed by atoms with E-state index in [4.69, 9.17) is 12.3 Å². The summed E-state index contributed by atoms with van der Waals surface area (Å²) in [6.07, 6.45) is 2.99. The van der Waals surface area contributed by atoms with Crippen molar-refractivity contribution in [3.63, 3.8) is 0 Å². The highest BCUT2D eigenvalue weighted by atomic mass is 14.8. The molecule has 0 amide bonds. The van der Waals surface area contributed by atoms with Gasteiger partial charge in [0.25, 0.3) is 0 Å². The molecule has 1 aliphatic rings. The molecule has 44 valence electrons. The van der Waals surface area contributed by atoms with Gasteiger partial charge in [0.15, 0.2) is 0 Å². The lowest BCUT2D eigenvalue weighted by Gasteiger charge is -1.93. The largest absolute Gasteiger partial charge is 0.327 e. The van der Waals surface area contributed by atoms with Crippen LogP contribution in [0.4, 0.5) is 0 Å². The molecule has 0 heterocycles. The quantitative estimate of drug-likeness (QED) is 0.459. The van der Waals surface area contributed by atoms with Crippen molar-refractivity contribution < 1.29 is 0 Å². The van der Waals surface area contributed by atoms with Crippen LogP contribution in [0.1, 0.15) is 19.3 Å². The average Bonchev–Trinajstić information content (AvgIpc) is 2.14. The van der Waals surface area contributed by atoms with Crippen molar-refractivity contribution in [3.05, 3.63) is 11.4 Å². The fourth-order valence-electron chi connectivity index (χ4n) is 1.11. The first kappa shape index (κ1) is 5.58. The Labute approximate surface area is 49.5 Å². The van der Waals surface area contributed by atoms with Gasteiger partial charge in [-0.2, -0.15) is 0 Å². The van der Waals surface area contributed by atoms with E-state index in [2.05, 4.69) is 4.85 Å². The molecule has 0 unspecified atom stereocenters. The zero-order valence-electron chi connectivity index (χ0n) is 4.80. The Morgan fingerprint density at radius 3 is 2.50 bits per heavy atom. The lowest BCUT2D eigenvalue weighted by molar-refractivity contribution is 0.698. The van der Waals surface area contributed by atoms with Crippen LogP contribution >= 0.6 is 0 Å². The first-order valence-electron chi connectivity index (χ1n) is 2.95. The van der Waals surface area contributed by atoms with E-state index < -0.39 is 0 Å². The van der Waals surface area contributed by atoms with Crippen LogP contribution in [0.5, 0.6) is 0 Å². The summed E-state index contributed by atoms with van der Waals surface area (Å²) in [5.74, 6) is 0. The Morgan fingerprint density at radius 2 is 2.25 bits per heavy atom. The van der Waals surface area contributed by atoms with Gasteiger partial charge in [-0.15, -0.1) is 0 Å². The standard InChI is InChI=1S/C6H10N2/c1-8-6-3-2-5(7)4-6/h5-6H,2-4,7H2/t5-,6-/m0/s1. The highest BCUT2D eigenvalue weighted by Crippen LogP contribution is 2.19. The van der Waals surface area contributed by atoms with Crippen LogP contribution < -0.4 is 5.73 Å². The van der Waals surface area contributed by atoms with Gasteiger partial charge in [0.2, 0.25) is 6.04 Å². The van der Waals surface area contributed by atoms with Crippen molar-refractivity contribution in [3.8, 4) is 0 Å². The van der Waals surface area contributed by atoms with Gasteiger partial charge in [-0.05, 0) is 6.42 Å². The number of hydrogen-bond acceptors (Lipinski definition) is 1. The van der Waals surface area contributed by atoms with Crippen molar-refractivity contribution >= 4 is 0 Å². The lowest BCUT2D eigenvalue weighted by atomic mass is 10.2. The van der Waals surface area contributed by atoms with E-state index >= 15 is 0 Å². The van der Waals surface area contributed by atoms with Crippen molar-refractivity contribution in [2.45, 2.75) is 31.3 Å². The highest BCUT2D eigenvalue weighted by molar-refractivity contribution is 4.89. The van der Waals surface area contributed by atoms with Gasteiger partial charge in [-0.25, -0.2) is 6.57 Å². The van der Waals surface area contributed by atoms with Crippen LogP contribution in [0.3, 0.4) is 0 Å². The molecule has 8 heavy (non-hydrogen) atoms.